The molecule has 0 radical (unpaired) electrons. The lowest BCUT2D eigenvalue weighted by Crippen LogP contribution is -2.32. The number of rotatable bonds is 6. The van der Waals surface area contributed by atoms with E-state index in [4.69, 9.17) is 10.6 Å². The number of para-hydroxylation sites is 1. The Morgan fingerprint density at radius 1 is 1.44 bits per heavy atom. The first-order chi connectivity index (χ1) is 8.56. The van der Waals surface area contributed by atoms with Gasteiger partial charge in [-0.3, -0.25) is 10.2 Å². The van der Waals surface area contributed by atoms with Gasteiger partial charge in [0.05, 0.1) is 5.56 Å². The van der Waals surface area contributed by atoms with E-state index in [1.807, 2.05) is 13.1 Å². The fourth-order valence-corrected chi connectivity index (χ4v) is 1.42. The van der Waals surface area contributed by atoms with E-state index < -0.39 is 0 Å². The third kappa shape index (κ3) is 4.01. The van der Waals surface area contributed by atoms with Crippen molar-refractivity contribution >= 4 is 5.91 Å². The molecule has 100 valence electrons. The Morgan fingerprint density at radius 3 is 2.72 bits per heavy atom. The molecule has 0 fully saturated rings. The Balaban J connectivity index is 2.59. The van der Waals surface area contributed by atoms with Crippen molar-refractivity contribution in [1.29, 1.82) is 0 Å². The molecule has 1 aromatic rings. The van der Waals surface area contributed by atoms with Crippen LogP contribution in [0.2, 0.25) is 0 Å². The maximum absolute atomic E-state index is 11.5. The molecule has 5 heteroatoms. The van der Waals surface area contributed by atoms with Gasteiger partial charge < -0.3 is 9.64 Å². The van der Waals surface area contributed by atoms with E-state index in [-0.39, 0.29) is 5.91 Å². The highest BCUT2D eigenvalue weighted by Gasteiger charge is 2.10. The third-order valence-corrected chi connectivity index (χ3v) is 2.85. The molecular weight excluding hydrogens is 230 g/mol. The third-order valence-electron chi connectivity index (χ3n) is 2.85. The van der Waals surface area contributed by atoms with Crippen molar-refractivity contribution in [3.8, 4) is 5.75 Å². The Labute approximate surface area is 108 Å². The van der Waals surface area contributed by atoms with Crippen LogP contribution in [-0.4, -0.2) is 37.0 Å². The summed E-state index contributed by atoms with van der Waals surface area (Å²) in [6.45, 7) is 5.57. The zero-order valence-electron chi connectivity index (χ0n) is 11.1. The van der Waals surface area contributed by atoms with Gasteiger partial charge in [0.1, 0.15) is 12.4 Å². The topological polar surface area (TPSA) is 67.6 Å². The lowest BCUT2D eigenvalue weighted by molar-refractivity contribution is 0.0948. The summed E-state index contributed by atoms with van der Waals surface area (Å²) in [5, 5.41) is 0. The largest absolute Gasteiger partial charge is 0.491 e. The molecule has 1 rings (SSSR count). The van der Waals surface area contributed by atoms with Gasteiger partial charge in [0.15, 0.2) is 0 Å². The van der Waals surface area contributed by atoms with Crippen LogP contribution < -0.4 is 16.0 Å². The molecule has 0 aliphatic heterocycles. The molecule has 0 heterocycles. The van der Waals surface area contributed by atoms with E-state index in [2.05, 4.69) is 24.2 Å². The minimum atomic E-state index is -0.345. The first-order valence-corrected chi connectivity index (χ1v) is 5.99. The van der Waals surface area contributed by atoms with Gasteiger partial charge >= 0.3 is 0 Å². The van der Waals surface area contributed by atoms with Crippen molar-refractivity contribution in [3.63, 3.8) is 0 Å². The number of hydrazine groups is 1. The fraction of sp³-hybridized carbons (Fsp3) is 0.462. The second kappa shape index (κ2) is 6.98. The van der Waals surface area contributed by atoms with Crippen LogP contribution in [0, 0.1) is 0 Å². The van der Waals surface area contributed by atoms with Crippen LogP contribution in [0.3, 0.4) is 0 Å². The quantitative estimate of drug-likeness (QED) is 0.450. The zero-order chi connectivity index (χ0) is 13.5. The van der Waals surface area contributed by atoms with Crippen molar-refractivity contribution in [2.75, 3.05) is 20.2 Å². The van der Waals surface area contributed by atoms with E-state index in [0.717, 1.165) is 6.54 Å². The summed E-state index contributed by atoms with van der Waals surface area (Å²) in [5.41, 5.74) is 2.56. The highest BCUT2D eigenvalue weighted by Crippen LogP contribution is 2.17. The van der Waals surface area contributed by atoms with Crippen molar-refractivity contribution in [2.24, 2.45) is 5.84 Å². The normalized spacial score (nSPS) is 10.8. The standard InChI is InChI=1S/C13H21N3O2/c1-10(2)16(3)8-9-18-12-7-5-4-6-11(12)13(17)15-14/h4-7,10H,8-9,14H2,1-3H3,(H,15,17). The molecule has 3 N–H and O–H groups in total. The minimum Gasteiger partial charge on any atom is -0.491 e. The average Bonchev–Trinajstić information content (AvgIpc) is 2.38. The summed E-state index contributed by atoms with van der Waals surface area (Å²) >= 11 is 0. The number of nitrogens with zero attached hydrogens (tertiary/aromatic N) is 1. The van der Waals surface area contributed by atoms with Gasteiger partial charge in [0.2, 0.25) is 0 Å². The van der Waals surface area contributed by atoms with Gasteiger partial charge in [-0.15, -0.1) is 0 Å². The van der Waals surface area contributed by atoms with E-state index in [1.54, 1.807) is 18.2 Å². The van der Waals surface area contributed by atoms with Crippen molar-refractivity contribution in [1.82, 2.24) is 10.3 Å². The lowest BCUT2D eigenvalue weighted by atomic mass is 10.2. The molecular formula is C13H21N3O2. The molecule has 0 aliphatic carbocycles. The predicted molar refractivity (Wildman–Crippen MR) is 71.4 cm³/mol. The van der Waals surface area contributed by atoms with Crippen molar-refractivity contribution in [3.05, 3.63) is 29.8 Å². The highest BCUT2D eigenvalue weighted by atomic mass is 16.5. The SMILES string of the molecule is CC(C)N(C)CCOc1ccccc1C(=O)NN. The van der Waals surface area contributed by atoms with Crippen molar-refractivity contribution < 1.29 is 9.53 Å². The van der Waals surface area contributed by atoms with E-state index in [1.165, 1.54) is 0 Å². The Kier molecular flexibility index (Phi) is 5.61. The summed E-state index contributed by atoms with van der Waals surface area (Å²) in [6, 6.07) is 7.52. The molecule has 0 spiro atoms. The van der Waals surface area contributed by atoms with Crippen LogP contribution in [-0.2, 0) is 0 Å². The van der Waals surface area contributed by atoms with E-state index in [9.17, 15) is 4.79 Å². The predicted octanol–water partition coefficient (Wildman–Crippen LogP) is 1.01. The number of hydrogen-bond acceptors (Lipinski definition) is 4. The van der Waals surface area contributed by atoms with Crippen LogP contribution in [0.1, 0.15) is 24.2 Å². The number of hydrogen-bond donors (Lipinski definition) is 2. The number of nitrogen functional groups attached to an aromatic ring is 1. The molecule has 1 amide bonds. The molecule has 1 aromatic carbocycles. The molecule has 0 aliphatic rings. The first kappa shape index (κ1) is 14.5. The molecule has 0 unspecified atom stereocenters. The Hall–Kier alpha value is -1.59. The number of carbonyl (C=O) groups excluding carboxylic acids is 1. The highest BCUT2D eigenvalue weighted by molar-refractivity contribution is 5.96. The summed E-state index contributed by atoms with van der Waals surface area (Å²) in [5.74, 6) is 5.33. The van der Waals surface area contributed by atoms with Crippen LogP contribution in [0.15, 0.2) is 24.3 Å². The lowest BCUT2D eigenvalue weighted by Gasteiger charge is -2.21. The first-order valence-electron chi connectivity index (χ1n) is 5.99. The summed E-state index contributed by atoms with van der Waals surface area (Å²) < 4.78 is 5.62. The number of likely N-dealkylation sites (N-methyl/N-ethyl adjacent to an activating group) is 1. The van der Waals surface area contributed by atoms with Gasteiger partial charge in [0.25, 0.3) is 5.91 Å². The van der Waals surface area contributed by atoms with Crippen LogP contribution in [0.4, 0.5) is 0 Å². The molecule has 0 saturated heterocycles. The van der Waals surface area contributed by atoms with Gasteiger partial charge in [-0.25, -0.2) is 5.84 Å². The summed E-state index contributed by atoms with van der Waals surface area (Å²) in [4.78, 5) is 13.7. The van der Waals surface area contributed by atoms with Gasteiger partial charge in [-0.1, -0.05) is 12.1 Å². The molecule has 18 heavy (non-hydrogen) atoms. The number of nitrogens with two attached hydrogens (primary N) is 1. The van der Waals surface area contributed by atoms with Crippen LogP contribution >= 0.6 is 0 Å². The van der Waals surface area contributed by atoms with Gasteiger partial charge in [0, 0.05) is 12.6 Å². The maximum atomic E-state index is 11.5. The van der Waals surface area contributed by atoms with Crippen LogP contribution in [0.5, 0.6) is 5.75 Å². The number of nitrogens with one attached hydrogen (secondary N) is 1. The summed E-state index contributed by atoms with van der Waals surface area (Å²) in [7, 11) is 2.03. The van der Waals surface area contributed by atoms with E-state index in [0.29, 0.717) is 24.0 Å². The fourth-order valence-electron chi connectivity index (χ4n) is 1.42. The Morgan fingerprint density at radius 2 is 2.11 bits per heavy atom. The molecule has 0 aromatic heterocycles. The monoisotopic (exact) mass is 251 g/mol. The average molecular weight is 251 g/mol. The molecule has 0 bridgehead atoms. The smallest absolute Gasteiger partial charge is 0.268 e. The molecule has 0 atom stereocenters. The van der Waals surface area contributed by atoms with Gasteiger partial charge in [-0.2, -0.15) is 0 Å². The number of benzene rings is 1. The maximum Gasteiger partial charge on any atom is 0.268 e. The summed E-state index contributed by atoms with van der Waals surface area (Å²) in [6.07, 6.45) is 0. The number of amides is 1. The van der Waals surface area contributed by atoms with Crippen LogP contribution in [0.25, 0.3) is 0 Å². The minimum absolute atomic E-state index is 0.345. The number of carbonyl (C=O) groups is 1. The molecule has 0 saturated carbocycles. The Bertz CT molecular complexity index is 394. The number of ether oxygens (including phenoxy) is 1. The second-order valence-corrected chi connectivity index (χ2v) is 4.39. The zero-order valence-corrected chi connectivity index (χ0v) is 11.1. The second-order valence-electron chi connectivity index (χ2n) is 4.39. The van der Waals surface area contributed by atoms with Crippen molar-refractivity contribution in [2.45, 2.75) is 19.9 Å². The van der Waals surface area contributed by atoms with Gasteiger partial charge in [-0.05, 0) is 33.0 Å². The van der Waals surface area contributed by atoms with E-state index >= 15 is 0 Å². The molecule has 5 nitrogen and oxygen atoms in total.